The topological polar surface area (TPSA) is 83.1 Å². The van der Waals surface area contributed by atoms with Gasteiger partial charge < -0.3 is 4.98 Å². The summed E-state index contributed by atoms with van der Waals surface area (Å²) in [5.74, 6) is 0.116. The molecule has 0 amide bonds. The minimum Gasteiger partial charge on any atom is -0.321 e. The molecule has 6 nitrogen and oxygen atoms in total. The Morgan fingerprint density at radius 2 is 1.92 bits per heavy atom. The van der Waals surface area contributed by atoms with Crippen molar-refractivity contribution in [3.63, 3.8) is 0 Å². The first-order chi connectivity index (χ1) is 12.3. The fourth-order valence-electron chi connectivity index (χ4n) is 2.95. The predicted octanol–water partition coefficient (Wildman–Crippen LogP) is 3.70. The zero-order chi connectivity index (χ0) is 16.8. The first-order valence-electron chi connectivity index (χ1n) is 7.69. The lowest BCUT2D eigenvalue weighted by Crippen LogP contribution is -1.89. The summed E-state index contributed by atoms with van der Waals surface area (Å²) in [6, 6.07) is 10.8. The summed E-state index contributed by atoms with van der Waals surface area (Å²) in [4.78, 5) is 15.8. The zero-order valence-electron chi connectivity index (χ0n) is 12.9. The lowest BCUT2D eigenvalue weighted by atomic mass is 10.0. The van der Waals surface area contributed by atoms with Crippen LogP contribution in [0.2, 0.25) is 0 Å². The van der Waals surface area contributed by atoms with Crippen LogP contribution < -0.4 is 0 Å². The maximum absolute atomic E-state index is 15.2. The zero-order valence-corrected chi connectivity index (χ0v) is 12.9. The van der Waals surface area contributed by atoms with E-state index in [2.05, 4.69) is 30.1 Å². The monoisotopic (exact) mass is 330 g/mol. The van der Waals surface area contributed by atoms with E-state index in [1.165, 1.54) is 0 Å². The third-order valence-corrected chi connectivity index (χ3v) is 4.12. The molecule has 0 saturated carbocycles. The maximum atomic E-state index is 15.2. The van der Waals surface area contributed by atoms with Gasteiger partial charge in [0.25, 0.3) is 0 Å². The standard InChI is InChI=1S/C18H11FN6/c19-15-11(10-3-1-7-20-9-10)5-6-12-14(15)16(25-24-12)18-22-13-4-2-8-21-17(13)23-18/h1-9H,(H,24,25)(H,21,22,23). The number of benzene rings is 1. The molecule has 0 aliphatic rings. The van der Waals surface area contributed by atoms with Gasteiger partial charge in [0, 0.05) is 29.7 Å². The van der Waals surface area contributed by atoms with Gasteiger partial charge in [0.1, 0.15) is 17.0 Å². The SMILES string of the molecule is Fc1c(-c2cccnc2)ccc2[nH]nc(-c3nc4cccnc4[nH]3)c12. The molecule has 0 unspecified atom stereocenters. The molecule has 25 heavy (non-hydrogen) atoms. The highest BCUT2D eigenvalue weighted by molar-refractivity contribution is 5.96. The van der Waals surface area contributed by atoms with Gasteiger partial charge in [-0.1, -0.05) is 6.07 Å². The fraction of sp³-hybridized carbons (Fsp3) is 0. The summed E-state index contributed by atoms with van der Waals surface area (Å²) in [5, 5.41) is 7.51. The number of hydrogen-bond donors (Lipinski definition) is 2. The number of pyridine rings is 2. The molecule has 4 heterocycles. The minimum absolute atomic E-state index is 0.359. The van der Waals surface area contributed by atoms with Crippen LogP contribution in [0.4, 0.5) is 4.39 Å². The highest BCUT2D eigenvalue weighted by atomic mass is 19.1. The van der Waals surface area contributed by atoms with Crippen molar-refractivity contribution in [2.45, 2.75) is 0 Å². The summed E-state index contributed by atoms with van der Waals surface area (Å²) in [7, 11) is 0. The molecule has 5 rings (SSSR count). The van der Waals surface area contributed by atoms with Gasteiger partial charge in [0.15, 0.2) is 11.5 Å². The second-order valence-electron chi connectivity index (χ2n) is 5.62. The van der Waals surface area contributed by atoms with Crippen LogP contribution in [-0.2, 0) is 0 Å². The third kappa shape index (κ3) is 2.09. The average molecular weight is 330 g/mol. The molecule has 5 aromatic rings. The molecule has 0 fully saturated rings. The fourth-order valence-corrected chi connectivity index (χ4v) is 2.95. The van der Waals surface area contributed by atoms with Gasteiger partial charge in [-0.25, -0.2) is 14.4 Å². The number of aromatic amines is 2. The normalized spacial score (nSPS) is 11.4. The quantitative estimate of drug-likeness (QED) is 0.517. The van der Waals surface area contributed by atoms with E-state index in [1.54, 1.807) is 42.9 Å². The summed E-state index contributed by atoms with van der Waals surface area (Å²) >= 11 is 0. The van der Waals surface area contributed by atoms with E-state index < -0.39 is 0 Å². The molecular formula is C18H11FN6. The van der Waals surface area contributed by atoms with Crippen molar-refractivity contribution in [2.24, 2.45) is 0 Å². The second kappa shape index (κ2) is 5.20. The van der Waals surface area contributed by atoms with Gasteiger partial charge in [-0.2, -0.15) is 5.10 Å². The number of H-pyrrole nitrogens is 2. The summed E-state index contributed by atoms with van der Waals surface area (Å²) in [6.07, 6.45) is 4.97. The number of imidazole rings is 1. The molecule has 0 atom stereocenters. The Morgan fingerprint density at radius 3 is 2.76 bits per heavy atom. The number of nitrogens with one attached hydrogen (secondary N) is 2. The molecule has 0 radical (unpaired) electrons. The predicted molar refractivity (Wildman–Crippen MR) is 92.2 cm³/mol. The lowest BCUT2D eigenvalue weighted by molar-refractivity contribution is 0.643. The number of aromatic nitrogens is 6. The Kier molecular flexibility index (Phi) is 2.87. The van der Waals surface area contributed by atoms with Crippen LogP contribution in [0.5, 0.6) is 0 Å². The van der Waals surface area contributed by atoms with Crippen LogP contribution in [0.3, 0.4) is 0 Å². The first-order valence-corrected chi connectivity index (χ1v) is 7.69. The van der Waals surface area contributed by atoms with Gasteiger partial charge >= 0.3 is 0 Å². The maximum Gasteiger partial charge on any atom is 0.161 e. The molecule has 0 aliphatic heterocycles. The smallest absolute Gasteiger partial charge is 0.161 e. The van der Waals surface area contributed by atoms with E-state index in [1.807, 2.05) is 12.1 Å². The van der Waals surface area contributed by atoms with Crippen LogP contribution in [0.1, 0.15) is 0 Å². The van der Waals surface area contributed by atoms with E-state index in [4.69, 9.17) is 0 Å². The molecule has 1 aromatic carbocycles. The Hall–Kier alpha value is -3.61. The Balaban J connectivity index is 1.77. The summed E-state index contributed by atoms with van der Waals surface area (Å²) < 4.78 is 15.2. The Morgan fingerprint density at radius 1 is 1.00 bits per heavy atom. The van der Waals surface area contributed by atoms with Crippen LogP contribution in [-0.4, -0.2) is 30.1 Å². The third-order valence-electron chi connectivity index (χ3n) is 4.12. The van der Waals surface area contributed by atoms with Crippen molar-refractivity contribution in [1.29, 1.82) is 0 Å². The van der Waals surface area contributed by atoms with Crippen LogP contribution in [0.25, 0.3) is 44.7 Å². The van der Waals surface area contributed by atoms with E-state index in [0.29, 0.717) is 44.7 Å². The van der Waals surface area contributed by atoms with E-state index in [9.17, 15) is 0 Å². The van der Waals surface area contributed by atoms with E-state index in [0.717, 1.165) is 0 Å². The van der Waals surface area contributed by atoms with Gasteiger partial charge in [0.2, 0.25) is 0 Å². The molecule has 4 aromatic heterocycles. The molecular weight excluding hydrogens is 319 g/mol. The van der Waals surface area contributed by atoms with Crippen molar-refractivity contribution in [1.82, 2.24) is 30.1 Å². The molecule has 0 bridgehead atoms. The summed E-state index contributed by atoms with van der Waals surface area (Å²) in [5.41, 5.74) is 3.55. The van der Waals surface area contributed by atoms with Gasteiger partial charge in [-0.05, 0) is 30.3 Å². The molecule has 0 saturated heterocycles. The molecule has 0 aliphatic carbocycles. The van der Waals surface area contributed by atoms with Crippen molar-refractivity contribution in [2.75, 3.05) is 0 Å². The number of halogens is 1. The molecule has 120 valence electrons. The largest absolute Gasteiger partial charge is 0.321 e. The van der Waals surface area contributed by atoms with E-state index in [-0.39, 0.29) is 5.82 Å². The number of nitrogens with zero attached hydrogens (tertiary/aromatic N) is 4. The molecule has 2 N–H and O–H groups in total. The van der Waals surface area contributed by atoms with Crippen molar-refractivity contribution < 1.29 is 4.39 Å². The highest BCUT2D eigenvalue weighted by Gasteiger charge is 2.19. The highest BCUT2D eigenvalue weighted by Crippen LogP contribution is 2.33. The van der Waals surface area contributed by atoms with Crippen molar-refractivity contribution in [3.05, 3.63) is 60.8 Å². The van der Waals surface area contributed by atoms with Crippen molar-refractivity contribution in [3.8, 4) is 22.6 Å². The minimum atomic E-state index is -0.359. The first kappa shape index (κ1) is 13.8. The van der Waals surface area contributed by atoms with Crippen LogP contribution in [0, 0.1) is 5.82 Å². The number of hydrogen-bond acceptors (Lipinski definition) is 4. The average Bonchev–Trinajstić information content (AvgIpc) is 3.27. The van der Waals surface area contributed by atoms with Crippen LogP contribution >= 0.6 is 0 Å². The second-order valence-corrected chi connectivity index (χ2v) is 5.62. The van der Waals surface area contributed by atoms with Gasteiger partial charge in [0.05, 0.1) is 10.9 Å². The Bertz CT molecular complexity index is 1180. The van der Waals surface area contributed by atoms with Crippen molar-refractivity contribution >= 4 is 22.1 Å². The summed E-state index contributed by atoms with van der Waals surface area (Å²) in [6.45, 7) is 0. The number of fused-ring (bicyclic) bond motifs is 2. The Labute approximate surface area is 140 Å². The van der Waals surface area contributed by atoms with Crippen LogP contribution in [0.15, 0.2) is 55.0 Å². The van der Waals surface area contributed by atoms with Gasteiger partial charge in [-0.3, -0.25) is 10.1 Å². The van der Waals surface area contributed by atoms with Gasteiger partial charge in [-0.15, -0.1) is 0 Å². The van der Waals surface area contributed by atoms with E-state index >= 15 is 4.39 Å². The lowest BCUT2D eigenvalue weighted by Gasteiger charge is -2.04. The molecule has 7 heteroatoms. The molecule has 0 spiro atoms. The number of rotatable bonds is 2.